The average molecular weight is 597 g/mol. The second kappa shape index (κ2) is 10.8. The minimum absolute atomic E-state index is 0.0162. The number of benzene rings is 1. The molecule has 35 heavy (non-hydrogen) atoms. The number of carbonyl (C=O) groups is 1. The molecule has 3 rings (SSSR count). The summed E-state index contributed by atoms with van der Waals surface area (Å²) in [5, 5.41) is 8.53. The van der Waals surface area contributed by atoms with Crippen molar-refractivity contribution in [2.24, 2.45) is 0 Å². The number of hydrogen-bond donors (Lipinski definition) is 1. The van der Waals surface area contributed by atoms with E-state index in [0.717, 1.165) is 25.9 Å². The summed E-state index contributed by atoms with van der Waals surface area (Å²) in [6.45, 7) is 16.6. The number of aromatic nitrogens is 2. The topological polar surface area (TPSA) is 73.3 Å². The molecule has 1 aromatic carbocycles. The Labute approximate surface area is 225 Å². The van der Waals surface area contributed by atoms with Crippen LogP contribution in [0.25, 0.3) is 10.7 Å². The number of hydrogen-bond acceptors (Lipinski definition) is 7. The van der Waals surface area contributed by atoms with Crippen LogP contribution in [-0.2, 0) is 9.16 Å². The summed E-state index contributed by atoms with van der Waals surface area (Å²) in [5.41, 5.74) is 1.13. The molecule has 1 amide bonds. The van der Waals surface area contributed by atoms with E-state index in [2.05, 4.69) is 60.1 Å². The number of nitrogens with zero attached hydrogens (tertiary/aromatic N) is 2. The Bertz CT molecular complexity index is 1140. The first-order chi connectivity index (χ1) is 16.2. The first-order valence-electron chi connectivity index (χ1n) is 11.5. The Morgan fingerprint density at radius 3 is 2.23 bits per heavy atom. The van der Waals surface area contributed by atoms with Gasteiger partial charge in [0.05, 0.1) is 6.10 Å². The molecule has 6 nitrogen and oxygen atoms in total. The number of halogens is 1. The van der Waals surface area contributed by atoms with Gasteiger partial charge in [0.15, 0.2) is 8.32 Å². The first-order valence-corrected chi connectivity index (χ1v) is 16.9. The smallest absolute Gasteiger partial charge is 0.408 e. The van der Waals surface area contributed by atoms with Crippen LogP contribution in [0.1, 0.15) is 64.3 Å². The Morgan fingerprint density at radius 2 is 1.69 bits per heavy atom. The molecular formula is C25H34BrN3O3S2Si. The van der Waals surface area contributed by atoms with Gasteiger partial charge >= 0.3 is 6.09 Å². The highest BCUT2D eigenvalue weighted by Gasteiger charge is 2.43. The minimum Gasteiger partial charge on any atom is -0.444 e. The molecule has 0 unspecified atom stereocenters. The summed E-state index contributed by atoms with van der Waals surface area (Å²) in [6.07, 6.45) is -0.942. The van der Waals surface area contributed by atoms with Gasteiger partial charge in [-0.3, -0.25) is 0 Å². The maximum atomic E-state index is 13.0. The van der Waals surface area contributed by atoms with Gasteiger partial charge in [-0.15, -0.1) is 22.7 Å². The fourth-order valence-corrected chi connectivity index (χ4v) is 6.49. The van der Waals surface area contributed by atoms with Gasteiger partial charge in [-0.2, -0.15) is 0 Å². The fraction of sp³-hybridized carbons (Fsp3) is 0.480. The Kier molecular flexibility index (Phi) is 8.63. The lowest BCUT2D eigenvalue weighted by atomic mass is 10.0. The Balaban J connectivity index is 2.07. The van der Waals surface area contributed by atoms with E-state index in [1.54, 1.807) is 0 Å². The van der Waals surface area contributed by atoms with E-state index < -0.39 is 32.2 Å². The third-order valence-electron chi connectivity index (χ3n) is 5.81. The molecule has 0 saturated heterocycles. The number of ether oxygens (including phenoxy) is 1. The highest BCUT2D eigenvalue weighted by molar-refractivity contribution is 9.10. The van der Waals surface area contributed by atoms with Gasteiger partial charge in [0.2, 0.25) is 0 Å². The predicted molar refractivity (Wildman–Crippen MR) is 150 cm³/mol. The van der Waals surface area contributed by atoms with Gasteiger partial charge in [-0.1, -0.05) is 51.1 Å². The Hall–Kier alpha value is -1.59. The first kappa shape index (κ1) is 28.0. The molecule has 3 aromatic rings. The van der Waals surface area contributed by atoms with Gasteiger partial charge in [-0.25, -0.2) is 14.8 Å². The molecule has 0 aliphatic carbocycles. The van der Waals surface area contributed by atoms with E-state index in [4.69, 9.17) is 14.1 Å². The van der Waals surface area contributed by atoms with Crippen molar-refractivity contribution >= 4 is 53.0 Å². The van der Waals surface area contributed by atoms with Crippen LogP contribution in [-0.4, -0.2) is 30.0 Å². The summed E-state index contributed by atoms with van der Waals surface area (Å²) < 4.78 is 13.4. The lowest BCUT2D eigenvalue weighted by Gasteiger charge is -2.41. The van der Waals surface area contributed by atoms with E-state index in [-0.39, 0.29) is 5.04 Å². The van der Waals surface area contributed by atoms with E-state index in [1.807, 2.05) is 61.9 Å². The summed E-state index contributed by atoms with van der Waals surface area (Å²) >= 11 is 6.42. The van der Waals surface area contributed by atoms with Crippen LogP contribution in [0, 0.1) is 0 Å². The van der Waals surface area contributed by atoms with Crippen molar-refractivity contribution in [1.82, 2.24) is 15.3 Å². The third-order valence-corrected chi connectivity index (χ3v) is 12.8. The number of alkyl carbamates (subject to hydrolysis) is 1. The SMILES string of the molecule is CC(C)(C)OC(=O)N[C@H](c1nc(-c2nc(Br)cs2)cs1)[C@@H](O[Si](C)(C)C(C)(C)C)c1ccccc1. The van der Waals surface area contributed by atoms with Crippen LogP contribution in [0.4, 0.5) is 4.79 Å². The number of carbonyl (C=O) groups excluding carboxylic acids is 1. The summed E-state index contributed by atoms with van der Waals surface area (Å²) in [5.74, 6) is 0. The van der Waals surface area contributed by atoms with Gasteiger partial charge < -0.3 is 14.5 Å². The lowest BCUT2D eigenvalue weighted by molar-refractivity contribution is 0.0430. The van der Waals surface area contributed by atoms with Gasteiger partial charge in [0.1, 0.15) is 32.0 Å². The molecular weight excluding hydrogens is 562 g/mol. The highest BCUT2D eigenvalue weighted by atomic mass is 79.9. The largest absolute Gasteiger partial charge is 0.444 e. The average Bonchev–Trinajstić information content (AvgIpc) is 3.38. The number of rotatable bonds is 7. The maximum Gasteiger partial charge on any atom is 0.408 e. The van der Waals surface area contributed by atoms with Crippen molar-refractivity contribution in [1.29, 1.82) is 0 Å². The van der Waals surface area contributed by atoms with Crippen molar-refractivity contribution < 1.29 is 14.0 Å². The van der Waals surface area contributed by atoms with E-state index in [9.17, 15) is 4.79 Å². The molecule has 0 spiro atoms. The zero-order chi connectivity index (χ0) is 26.0. The second-order valence-corrected chi connectivity index (χ2v) is 18.2. The monoisotopic (exact) mass is 595 g/mol. The van der Waals surface area contributed by atoms with E-state index in [1.165, 1.54) is 22.7 Å². The fourth-order valence-electron chi connectivity index (χ4n) is 3.07. The van der Waals surface area contributed by atoms with Crippen molar-refractivity contribution in [2.75, 3.05) is 0 Å². The number of nitrogens with one attached hydrogen (secondary N) is 1. The number of amides is 1. The summed E-state index contributed by atoms with van der Waals surface area (Å²) in [7, 11) is -2.23. The van der Waals surface area contributed by atoms with Crippen LogP contribution in [0.15, 0.2) is 45.7 Å². The Morgan fingerprint density at radius 1 is 1.03 bits per heavy atom. The van der Waals surface area contributed by atoms with Crippen molar-refractivity contribution in [3.05, 3.63) is 56.3 Å². The molecule has 0 saturated carbocycles. The summed E-state index contributed by atoms with van der Waals surface area (Å²) in [4.78, 5) is 22.4. The van der Waals surface area contributed by atoms with Crippen molar-refractivity contribution in [2.45, 2.75) is 77.4 Å². The quantitative estimate of drug-likeness (QED) is 0.278. The molecule has 0 aliphatic heterocycles. The van der Waals surface area contributed by atoms with Crippen LogP contribution in [0.3, 0.4) is 0 Å². The van der Waals surface area contributed by atoms with Gasteiger partial charge in [0.25, 0.3) is 0 Å². The molecule has 0 bridgehead atoms. The van der Waals surface area contributed by atoms with Gasteiger partial charge in [0, 0.05) is 10.8 Å². The lowest BCUT2D eigenvalue weighted by Crippen LogP contribution is -2.45. The van der Waals surface area contributed by atoms with Crippen molar-refractivity contribution in [3.63, 3.8) is 0 Å². The zero-order valence-corrected chi connectivity index (χ0v) is 25.7. The molecule has 190 valence electrons. The van der Waals surface area contributed by atoms with Crippen LogP contribution < -0.4 is 5.32 Å². The zero-order valence-electron chi connectivity index (χ0n) is 21.5. The molecule has 0 aliphatic rings. The molecule has 0 radical (unpaired) electrons. The predicted octanol–water partition coefficient (Wildman–Crippen LogP) is 8.36. The third kappa shape index (κ3) is 7.45. The van der Waals surface area contributed by atoms with E-state index >= 15 is 0 Å². The van der Waals surface area contributed by atoms with E-state index in [0.29, 0.717) is 0 Å². The van der Waals surface area contributed by atoms with Crippen LogP contribution in [0.5, 0.6) is 0 Å². The molecule has 10 heteroatoms. The molecule has 1 N–H and O–H groups in total. The van der Waals surface area contributed by atoms with Crippen LogP contribution in [0.2, 0.25) is 18.1 Å². The standard InChI is InChI=1S/C25H34BrN3O3S2Si/c1-24(2,3)31-23(30)29-19(22-27-17(14-33-22)21-28-18(26)15-34-21)20(16-12-10-9-11-13-16)32-35(7,8)25(4,5)6/h9-15,19-20H,1-8H3,(H,29,30)/t19-,20-/m0/s1. The molecule has 2 atom stereocenters. The number of thiazole rings is 2. The van der Waals surface area contributed by atoms with Gasteiger partial charge in [-0.05, 0) is 60.4 Å². The molecule has 0 fully saturated rings. The second-order valence-electron chi connectivity index (χ2n) is 10.9. The molecule has 2 aromatic heterocycles. The van der Waals surface area contributed by atoms with Crippen molar-refractivity contribution in [3.8, 4) is 10.7 Å². The van der Waals surface area contributed by atoms with Crippen LogP contribution >= 0.6 is 38.6 Å². The summed E-state index contributed by atoms with van der Waals surface area (Å²) in [6, 6.07) is 9.49. The maximum absolute atomic E-state index is 13.0. The normalized spacial score (nSPS) is 14.4. The molecule has 2 heterocycles. The minimum atomic E-state index is -2.23. The highest BCUT2D eigenvalue weighted by Crippen LogP contribution is 2.44.